The maximum absolute atomic E-state index is 12.2. The molecule has 0 radical (unpaired) electrons. The van der Waals surface area contributed by atoms with Gasteiger partial charge in [0.05, 0.1) is 24.3 Å². The van der Waals surface area contributed by atoms with Crippen LogP contribution >= 0.6 is 0 Å². The molecule has 1 aromatic carbocycles. The highest BCUT2D eigenvalue weighted by atomic mass is 16.6. The Hall–Kier alpha value is -4.09. The average molecular weight is 385 g/mol. The van der Waals surface area contributed by atoms with Crippen molar-refractivity contribution in [3.63, 3.8) is 0 Å². The second-order valence-electron chi connectivity index (χ2n) is 5.73. The summed E-state index contributed by atoms with van der Waals surface area (Å²) in [5.41, 5.74) is 3.37. The molecule has 28 heavy (non-hydrogen) atoms. The minimum Gasteiger partial charge on any atom is -0.504 e. The number of aromatic nitrogens is 4. The van der Waals surface area contributed by atoms with Crippen LogP contribution in [0.5, 0.6) is 11.5 Å². The number of non-ortho nitro benzene ring substituents is 1. The van der Waals surface area contributed by atoms with Crippen molar-refractivity contribution in [1.82, 2.24) is 25.0 Å². The summed E-state index contributed by atoms with van der Waals surface area (Å²) in [6.07, 6.45) is 1.05. The summed E-state index contributed by atoms with van der Waals surface area (Å²) in [4.78, 5) is 30.7. The summed E-state index contributed by atoms with van der Waals surface area (Å²) in [6.45, 7) is 3.60. The first-order valence-corrected chi connectivity index (χ1v) is 7.90. The zero-order valence-electron chi connectivity index (χ0n) is 15.1. The normalized spacial score (nSPS) is 11.1. The van der Waals surface area contributed by atoms with Crippen LogP contribution in [0.2, 0.25) is 0 Å². The zero-order chi connectivity index (χ0) is 20.4. The van der Waals surface area contributed by atoms with Gasteiger partial charge in [-0.3, -0.25) is 14.9 Å². The lowest BCUT2D eigenvalue weighted by Gasteiger charge is -2.05. The fourth-order valence-electron chi connectivity index (χ4n) is 2.45. The fourth-order valence-corrected chi connectivity index (χ4v) is 2.45. The van der Waals surface area contributed by atoms with Gasteiger partial charge in [-0.2, -0.15) is 10.1 Å². The number of methoxy groups -OCH3 is 1. The number of phenols is 1. The van der Waals surface area contributed by atoms with Crippen molar-refractivity contribution in [2.45, 2.75) is 13.8 Å². The fraction of sp³-hybridized carbons (Fsp3) is 0.188. The van der Waals surface area contributed by atoms with Crippen LogP contribution in [0, 0.1) is 24.0 Å². The van der Waals surface area contributed by atoms with E-state index < -0.39 is 10.8 Å². The molecule has 0 bridgehead atoms. The number of hydrogen-bond acceptors (Lipinski definition) is 9. The maximum Gasteiger partial charge on any atom is 0.311 e. The van der Waals surface area contributed by atoms with Gasteiger partial charge in [0.25, 0.3) is 11.5 Å². The van der Waals surface area contributed by atoms with Crippen molar-refractivity contribution in [3.8, 4) is 11.5 Å². The van der Waals surface area contributed by atoms with Crippen molar-refractivity contribution in [3.05, 3.63) is 51.1 Å². The number of nitro benzene ring substituents is 1. The molecule has 0 saturated heterocycles. The van der Waals surface area contributed by atoms with Crippen LogP contribution in [0.3, 0.4) is 0 Å². The van der Waals surface area contributed by atoms with E-state index in [2.05, 4.69) is 25.6 Å². The molecular formula is C16H15N7O5. The molecule has 3 aromatic rings. The Morgan fingerprint density at radius 3 is 2.79 bits per heavy atom. The van der Waals surface area contributed by atoms with Gasteiger partial charge in [-0.25, -0.2) is 14.9 Å². The summed E-state index contributed by atoms with van der Waals surface area (Å²) in [5, 5.41) is 28.8. The van der Waals surface area contributed by atoms with Crippen molar-refractivity contribution < 1.29 is 19.6 Å². The number of fused-ring (bicyclic) bond motifs is 1. The number of carbonyl (C=O) groups excluding carboxylic acids is 1. The molecule has 1 amide bonds. The molecule has 12 nitrogen and oxygen atoms in total. The lowest BCUT2D eigenvalue weighted by atomic mass is 10.2. The number of hydrogen-bond donors (Lipinski definition) is 2. The largest absolute Gasteiger partial charge is 0.504 e. The molecule has 2 heterocycles. The van der Waals surface area contributed by atoms with Crippen LogP contribution in [0.25, 0.3) is 5.78 Å². The predicted molar refractivity (Wildman–Crippen MR) is 96.6 cm³/mol. The molecule has 144 valence electrons. The monoisotopic (exact) mass is 385 g/mol. The van der Waals surface area contributed by atoms with E-state index in [0.717, 1.165) is 29.7 Å². The molecule has 0 aliphatic carbocycles. The Bertz CT molecular complexity index is 1120. The van der Waals surface area contributed by atoms with E-state index in [9.17, 15) is 20.0 Å². The van der Waals surface area contributed by atoms with Gasteiger partial charge >= 0.3 is 5.91 Å². The Balaban J connectivity index is 1.83. The van der Waals surface area contributed by atoms with E-state index >= 15 is 0 Å². The van der Waals surface area contributed by atoms with Crippen LogP contribution < -0.4 is 10.2 Å². The van der Waals surface area contributed by atoms with E-state index in [-0.39, 0.29) is 34.4 Å². The molecule has 0 saturated carbocycles. The van der Waals surface area contributed by atoms with Crippen LogP contribution in [0.1, 0.15) is 27.6 Å². The summed E-state index contributed by atoms with van der Waals surface area (Å²) < 4.78 is 6.31. The molecule has 0 spiro atoms. The molecule has 0 unspecified atom stereocenters. The van der Waals surface area contributed by atoms with Crippen LogP contribution in [-0.2, 0) is 0 Å². The Morgan fingerprint density at radius 1 is 1.36 bits per heavy atom. The molecule has 3 rings (SSSR count). The number of nitrogens with zero attached hydrogens (tertiary/aromatic N) is 6. The highest BCUT2D eigenvalue weighted by Crippen LogP contribution is 2.33. The van der Waals surface area contributed by atoms with Gasteiger partial charge in [0.15, 0.2) is 11.5 Å². The van der Waals surface area contributed by atoms with Gasteiger partial charge < -0.3 is 9.84 Å². The standard InChI is InChI=1S/C16H15N7O5/c1-8-4-9(2)22-16(18-8)19-14(21-22)15(25)20-17-7-10-5-11(23(26)27)6-12(28-3)13(10)24/h4-7,24H,1-3H3,(H,20,25). The Labute approximate surface area is 157 Å². The molecule has 2 aromatic heterocycles. The predicted octanol–water partition coefficient (Wildman–Crippen LogP) is 1.13. The van der Waals surface area contributed by atoms with E-state index in [4.69, 9.17) is 4.74 Å². The zero-order valence-corrected chi connectivity index (χ0v) is 15.1. The van der Waals surface area contributed by atoms with E-state index in [1.54, 1.807) is 19.9 Å². The van der Waals surface area contributed by atoms with Gasteiger partial charge in [-0.1, -0.05) is 0 Å². The minimum atomic E-state index is -0.712. The molecule has 0 aliphatic rings. The number of aryl methyl sites for hydroxylation is 2. The topological polar surface area (TPSA) is 157 Å². The second-order valence-corrected chi connectivity index (χ2v) is 5.73. The number of nitrogens with one attached hydrogen (secondary N) is 1. The van der Waals surface area contributed by atoms with Gasteiger partial charge in [0.2, 0.25) is 5.82 Å². The number of amides is 1. The van der Waals surface area contributed by atoms with Gasteiger partial charge in [-0.15, -0.1) is 5.10 Å². The Morgan fingerprint density at radius 2 is 2.11 bits per heavy atom. The van der Waals surface area contributed by atoms with Crippen molar-refractivity contribution >= 4 is 23.6 Å². The number of carbonyl (C=O) groups is 1. The summed E-state index contributed by atoms with van der Waals surface area (Å²) >= 11 is 0. The number of hydrazone groups is 1. The molecule has 0 atom stereocenters. The number of aromatic hydroxyl groups is 1. The highest BCUT2D eigenvalue weighted by molar-refractivity contribution is 5.92. The lowest BCUT2D eigenvalue weighted by molar-refractivity contribution is -0.385. The van der Waals surface area contributed by atoms with E-state index in [0.29, 0.717) is 0 Å². The maximum atomic E-state index is 12.2. The first kappa shape index (κ1) is 18.7. The van der Waals surface area contributed by atoms with Crippen molar-refractivity contribution in [2.75, 3.05) is 7.11 Å². The number of rotatable bonds is 5. The second kappa shape index (κ2) is 7.26. The minimum absolute atomic E-state index is 0.0116. The van der Waals surface area contributed by atoms with Crippen LogP contribution in [-0.4, -0.2) is 48.8 Å². The summed E-state index contributed by atoms with van der Waals surface area (Å²) in [5.74, 6) is -1.05. The third kappa shape index (κ3) is 3.56. The number of ether oxygens (including phenoxy) is 1. The van der Waals surface area contributed by atoms with Gasteiger partial charge in [-0.05, 0) is 19.9 Å². The van der Waals surface area contributed by atoms with E-state index in [1.807, 2.05) is 0 Å². The third-order valence-electron chi connectivity index (χ3n) is 3.71. The molecular weight excluding hydrogens is 370 g/mol. The van der Waals surface area contributed by atoms with Crippen LogP contribution in [0.4, 0.5) is 5.69 Å². The number of nitro groups is 1. The average Bonchev–Trinajstić information content (AvgIpc) is 3.07. The molecule has 2 N–H and O–H groups in total. The summed E-state index contributed by atoms with van der Waals surface area (Å²) in [6, 6.07) is 3.95. The lowest BCUT2D eigenvalue weighted by Crippen LogP contribution is -2.19. The van der Waals surface area contributed by atoms with Gasteiger partial charge in [0, 0.05) is 23.0 Å². The van der Waals surface area contributed by atoms with Gasteiger partial charge in [0.1, 0.15) is 0 Å². The van der Waals surface area contributed by atoms with E-state index in [1.165, 1.54) is 11.6 Å². The third-order valence-corrected chi connectivity index (χ3v) is 3.71. The first-order chi connectivity index (χ1) is 13.3. The molecule has 0 fully saturated rings. The quantitative estimate of drug-likeness (QED) is 0.376. The molecule has 12 heteroatoms. The highest BCUT2D eigenvalue weighted by Gasteiger charge is 2.17. The SMILES string of the molecule is COc1cc([N+](=O)[O-])cc(C=NNC(=O)c2nc3nc(C)cc(C)n3n2)c1O. The number of phenolic OH excluding ortho intramolecular Hbond substituents is 1. The number of benzene rings is 1. The first-order valence-electron chi connectivity index (χ1n) is 7.90. The van der Waals surface area contributed by atoms with Crippen molar-refractivity contribution in [1.29, 1.82) is 0 Å². The Kier molecular flexibility index (Phi) is 4.85. The van der Waals surface area contributed by atoms with Crippen LogP contribution in [0.15, 0.2) is 23.3 Å². The smallest absolute Gasteiger partial charge is 0.311 e. The molecule has 0 aliphatic heterocycles. The summed E-state index contributed by atoms with van der Waals surface area (Å²) in [7, 11) is 1.26. The van der Waals surface area contributed by atoms with Crippen molar-refractivity contribution in [2.24, 2.45) is 5.10 Å².